The van der Waals surface area contributed by atoms with E-state index in [4.69, 9.17) is 28.8 Å². The Bertz CT molecular complexity index is 1380. The lowest BCUT2D eigenvalue weighted by Gasteiger charge is -2.42. The number of pyridine rings is 1. The highest BCUT2D eigenvalue weighted by Gasteiger charge is 2.47. The Morgan fingerprint density at radius 3 is 2.59 bits per heavy atom. The molecule has 2 aliphatic rings. The third kappa shape index (κ3) is 4.69. The van der Waals surface area contributed by atoms with Crippen molar-refractivity contribution in [2.24, 2.45) is 16.9 Å². The number of anilines is 2. The zero-order valence-electron chi connectivity index (χ0n) is 19.4. The van der Waals surface area contributed by atoms with Gasteiger partial charge in [-0.1, -0.05) is 29.4 Å². The Labute approximate surface area is 219 Å². The van der Waals surface area contributed by atoms with Gasteiger partial charge >= 0.3 is 6.18 Å². The molecule has 3 aromatic rings. The number of fused-ring (bicyclic) bond motifs is 1. The van der Waals surface area contributed by atoms with Crippen LogP contribution in [-0.2, 0) is 12.6 Å². The molecule has 3 heterocycles. The van der Waals surface area contributed by atoms with E-state index in [0.717, 1.165) is 11.6 Å². The predicted octanol–water partition coefficient (Wildman–Crippen LogP) is 4.22. The summed E-state index contributed by atoms with van der Waals surface area (Å²) in [5.41, 5.74) is 18.3. The van der Waals surface area contributed by atoms with Crippen molar-refractivity contribution in [3.8, 4) is 0 Å². The van der Waals surface area contributed by atoms with Gasteiger partial charge in [0.1, 0.15) is 10.8 Å². The van der Waals surface area contributed by atoms with E-state index in [2.05, 4.69) is 15.0 Å². The van der Waals surface area contributed by atoms with Crippen LogP contribution in [-0.4, -0.2) is 33.9 Å². The average molecular weight is 550 g/mol. The highest BCUT2D eigenvalue weighted by atomic mass is 35.5. The van der Waals surface area contributed by atoms with Gasteiger partial charge in [0.25, 0.3) is 5.91 Å². The van der Waals surface area contributed by atoms with E-state index in [-0.39, 0.29) is 21.9 Å². The summed E-state index contributed by atoms with van der Waals surface area (Å²) >= 11 is 7.39. The summed E-state index contributed by atoms with van der Waals surface area (Å²) in [5.74, 6) is -0.193. The predicted molar refractivity (Wildman–Crippen MR) is 134 cm³/mol. The van der Waals surface area contributed by atoms with Gasteiger partial charge in [-0.3, -0.25) is 4.79 Å². The molecular formula is C24H23ClF3N7OS. The van der Waals surface area contributed by atoms with Gasteiger partial charge in [-0.2, -0.15) is 13.2 Å². The molecule has 1 amide bonds. The quantitative estimate of drug-likeness (QED) is 0.440. The van der Waals surface area contributed by atoms with E-state index in [0.29, 0.717) is 53.7 Å². The first-order chi connectivity index (χ1) is 17.5. The zero-order chi connectivity index (χ0) is 26.5. The van der Waals surface area contributed by atoms with Gasteiger partial charge in [0.05, 0.1) is 16.8 Å². The SMILES string of the molecule is NC(=O)c1nc(Sc2ccnc(N)c2Cl)cnc1N1CCC2(CC1)Cc1ccc(C(F)(F)F)cc1[C@H]2N. The molecule has 0 saturated carbocycles. The number of carbonyl (C=O) groups is 1. The minimum Gasteiger partial charge on any atom is -0.382 e. The largest absolute Gasteiger partial charge is 0.416 e. The monoisotopic (exact) mass is 549 g/mol. The number of primary amides is 1. The standard InChI is InChI=1S/C24H23ClF3N7OS/c25-17-15(3-6-32-20(17)30)37-16-11-33-22(18(34-16)21(31)36)35-7-4-23(5-8-35)10-12-1-2-13(24(26,27)28)9-14(12)19(23)29/h1-3,6,9,11,19H,4-5,7-8,10,29H2,(H2,30,32)(H2,31,36)/t19-/m1/s1. The number of hydrogen-bond donors (Lipinski definition) is 3. The van der Waals surface area contributed by atoms with Crippen LogP contribution in [0.15, 0.2) is 46.6 Å². The molecule has 1 aliphatic heterocycles. The number of carbonyl (C=O) groups excluding carboxylic acids is 1. The van der Waals surface area contributed by atoms with Crippen LogP contribution in [0.2, 0.25) is 5.02 Å². The summed E-state index contributed by atoms with van der Waals surface area (Å²) < 4.78 is 39.7. The minimum absolute atomic E-state index is 0.0212. The number of amides is 1. The van der Waals surface area contributed by atoms with Gasteiger partial charge in [-0.05, 0) is 54.0 Å². The summed E-state index contributed by atoms with van der Waals surface area (Å²) in [4.78, 5) is 27.6. The van der Waals surface area contributed by atoms with E-state index < -0.39 is 23.7 Å². The molecule has 194 valence electrons. The molecule has 0 bridgehead atoms. The second-order valence-electron chi connectivity index (χ2n) is 9.27. The fourth-order valence-electron chi connectivity index (χ4n) is 5.14. The Hall–Kier alpha value is -3.09. The van der Waals surface area contributed by atoms with Crippen molar-refractivity contribution in [2.75, 3.05) is 23.7 Å². The van der Waals surface area contributed by atoms with Gasteiger partial charge in [-0.25, -0.2) is 15.0 Å². The van der Waals surface area contributed by atoms with Gasteiger partial charge < -0.3 is 22.1 Å². The van der Waals surface area contributed by atoms with Crippen molar-refractivity contribution >= 4 is 40.9 Å². The number of nitrogens with two attached hydrogens (primary N) is 3. The van der Waals surface area contributed by atoms with Crippen LogP contribution in [0.1, 0.15) is 46.1 Å². The lowest BCUT2D eigenvalue weighted by atomic mass is 9.73. The first-order valence-corrected chi connectivity index (χ1v) is 12.6. The number of rotatable bonds is 4. The molecule has 1 saturated heterocycles. The van der Waals surface area contributed by atoms with E-state index in [1.165, 1.54) is 36.3 Å². The molecule has 1 aromatic carbocycles. The Kier molecular flexibility index (Phi) is 6.45. The van der Waals surface area contributed by atoms with Crippen molar-refractivity contribution in [2.45, 2.75) is 41.4 Å². The van der Waals surface area contributed by atoms with E-state index >= 15 is 0 Å². The Balaban J connectivity index is 1.35. The first kappa shape index (κ1) is 25.6. The number of alkyl halides is 3. The van der Waals surface area contributed by atoms with Crippen LogP contribution < -0.4 is 22.1 Å². The van der Waals surface area contributed by atoms with Gasteiger partial charge in [-0.15, -0.1) is 0 Å². The molecule has 1 aliphatic carbocycles. The van der Waals surface area contributed by atoms with Crippen molar-refractivity contribution in [3.05, 3.63) is 64.1 Å². The Morgan fingerprint density at radius 1 is 1.19 bits per heavy atom. The van der Waals surface area contributed by atoms with E-state index in [9.17, 15) is 18.0 Å². The molecule has 37 heavy (non-hydrogen) atoms. The van der Waals surface area contributed by atoms with Crippen molar-refractivity contribution in [3.63, 3.8) is 0 Å². The normalized spacial score (nSPS) is 18.7. The van der Waals surface area contributed by atoms with E-state index in [1.807, 2.05) is 4.90 Å². The van der Waals surface area contributed by atoms with Crippen LogP contribution in [0.25, 0.3) is 0 Å². The number of halogens is 4. The van der Waals surface area contributed by atoms with E-state index in [1.54, 1.807) is 6.07 Å². The van der Waals surface area contributed by atoms with Crippen molar-refractivity contribution in [1.29, 1.82) is 0 Å². The van der Waals surface area contributed by atoms with Crippen LogP contribution >= 0.6 is 23.4 Å². The fourth-order valence-corrected chi connectivity index (χ4v) is 6.16. The molecular weight excluding hydrogens is 527 g/mol. The zero-order valence-corrected chi connectivity index (χ0v) is 21.0. The van der Waals surface area contributed by atoms with Gasteiger partial charge in [0, 0.05) is 30.2 Å². The third-order valence-electron chi connectivity index (χ3n) is 7.13. The molecule has 0 unspecified atom stereocenters. The van der Waals surface area contributed by atoms with Crippen LogP contribution in [0.3, 0.4) is 0 Å². The third-order valence-corrected chi connectivity index (χ3v) is 8.60. The average Bonchev–Trinajstić information content (AvgIpc) is 3.12. The number of benzene rings is 1. The molecule has 13 heteroatoms. The molecule has 0 radical (unpaired) electrons. The molecule has 5 rings (SSSR count). The number of aromatic nitrogens is 3. The topological polar surface area (TPSA) is 137 Å². The number of hydrogen-bond acceptors (Lipinski definition) is 8. The maximum absolute atomic E-state index is 13.2. The second kappa shape index (κ2) is 9.34. The summed E-state index contributed by atoms with van der Waals surface area (Å²) in [6.45, 7) is 1.00. The first-order valence-electron chi connectivity index (χ1n) is 11.4. The van der Waals surface area contributed by atoms with Crippen LogP contribution in [0.5, 0.6) is 0 Å². The number of nitrogens with zero attached hydrogens (tertiary/aromatic N) is 4. The van der Waals surface area contributed by atoms with Crippen LogP contribution in [0, 0.1) is 5.41 Å². The van der Waals surface area contributed by atoms with Crippen molar-refractivity contribution < 1.29 is 18.0 Å². The highest BCUT2D eigenvalue weighted by molar-refractivity contribution is 7.99. The second-order valence-corrected chi connectivity index (χ2v) is 10.7. The minimum atomic E-state index is -4.42. The maximum atomic E-state index is 13.2. The molecule has 8 nitrogen and oxygen atoms in total. The lowest BCUT2D eigenvalue weighted by Crippen LogP contribution is -2.45. The lowest BCUT2D eigenvalue weighted by molar-refractivity contribution is -0.137. The molecule has 1 atom stereocenters. The molecule has 1 fully saturated rings. The number of piperidine rings is 1. The molecule has 1 spiro atoms. The number of nitrogen functional groups attached to an aromatic ring is 1. The van der Waals surface area contributed by atoms with Crippen molar-refractivity contribution in [1.82, 2.24) is 15.0 Å². The molecule has 6 N–H and O–H groups in total. The summed E-state index contributed by atoms with van der Waals surface area (Å²) in [6, 6.07) is 4.99. The summed E-state index contributed by atoms with van der Waals surface area (Å²) in [5, 5.41) is 0.684. The molecule has 2 aromatic heterocycles. The van der Waals surface area contributed by atoms with Gasteiger partial charge in [0.15, 0.2) is 11.5 Å². The maximum Gasteiger partial charge on any atom is 0.416 e. The summed E-state index contributed by atoms with van der Waals surface area (Å²) in [6.07, 6.45) is 0.463. The van der Waals surface area contributed by atoms with Gasteiger partial charge in [0.2, 0.25) is 0 Å². The fraction of sp³-hybridized carbons (Fsp3) is 0.333. The summed E-state index contributed by atoms with van der Waals surface area (Å²) in [7, 11) is 0. The highest BCUT2D eigenvalue weighted by Crippen LogP contribution is 2.52. The smallest absolute Gasteiger partial charge is 0.382 e. The van der Waals surface area contributed by atoms with Crippen LogP contribution in [0.4, 0.5) is 24.8 Å². The Morgan fingerprint density at radius 2 is 1.92 bits per heavy atom.